The van der Waals surface area contributed by atoms with Crippen LogP contribution in [0, 0.1) is 22.7 Å². The average molecular weight is 1360 g/mol. The van der Waals surface area contributed by atoms with Gasteiger partial charge in [-0.2, -0.15) is 0 Å². The fourth-order valence-electron chi connectivity index (χ4n) is 16.3. The van der Waals surface area contributed by atoms with E-state index in [0.29, 0.717) is 50.6 Å². The second kappa shape index (κ2) is 34.3. The number of rotatable bonds is 19. The van der Waals surface area contributed by atoms with E-state index >= 15 is 0 Å². The van der Waals surface area contributed by atoms with E-state index in [1.54, 1.807) is 0 Å². The fourth-order valence-corrected chi connectivity index (χ4v) is 17.0. The van der Waals surface area contributed by atoms with Gasteiger partial charge in [0, 0.05) is 99.6 Å². The van der Waals surface area contributed by atoms with Gasteiger partial charge in [-0.05, 0) is 193 Å². The topological polar surface area (TPSA) is 199 Å². The first-order chi connectivity index (χ1) is 47.5. The number of ether oxygens (including phenoxy) is 1. The number of aromatic nitrogens is 6. The molecule has 98 heavy (non-hydrogen) atoms. The number of amides is 2. The lowest BCUT2D eigenvalue weighted by atomic mass is 9.90. The van der Waals surface area contributed by atoms with Crippen molar-refractivity contribution in [1.29, 1.82) is 0 Å². The van der Waals surface area contributed by atoms with Crippen LogP contribution in [0.1, 0.15) is 230 Å². The van der Waals surface area contributed by atoms with E-state index in [9.17, 15) is 28.8 Å². The summed E-state index contributed by atoms with van der Waals surface area (Å²) < 4.78 is 12.3. The molecule has 17 nitrogen and oxygen atoms in total. The van der Waals surface area contributed by atoms with Crippen LogP contribution in [0.2, 0.25) is 25.7 Å². The number of aryl methyl sites for hydroxylation is 2. The monoisotopic (exact) mass is 1360 g/mol. The van der Waals surface area contributed by atoms with Gasteiger partial charge in [0.25, 0.3) is 11.1 Å². The van der Waals surface area contributed by atoms with Gasteiger partial charge in [-0.3, -0.25) is 28.8 Å². The Morgan fingerprint density at radius 1 is 0.551 bits per heavy atom. The molecule has 2 spiro atoms. The molecule has 3 N–H and O–H groups in total. The summed E-state index contributed by atoms with van der Waals surface area (Å²) in [4.78, 5) is 96.9. The number of nitrogens with one attached hydrogen (secondary N) is 3. The number of hydrogen-bond acceptors (Lipinski definition) is 11. The van der Waals surface area contributed by atoms with Gasteiger partial charge in [0.1, 0.15) is 29.9 Å². The highest BCUT2D eigenvalue weighted by atomic mass is 28.3. The molecule has 14 aliphatic heterocycles. The summed E-state index contributed by atoms with van der Waals surface area (Å²) in [5.74, 6) is 2.69. The van der Waals surface area contributed by atoms with Crippen molar-refractivity contribution in [2.45, 2.75) is 264 Å². The van der Waals surface area contributed by atoms with Crippen LogP contribution < -0.4 is 21.8 Å². The molecule has 18 heterocycles. The van der Waals surface area contributed by atoms with Crippen molar-refractivity contribution < 1.29 is 23.9 Å². The zero-order chi connectivity index (χ0) is 68.7. The Labute approximate surface area is 583 Å². The summed E-state index contributed by atoms with van der Waals surface area (Å²) in [5.41, 5.74) is 4.20. The van der Waals surface area contributed by atoms with E-state index in [0.717, 1.165) is 230 Å². The summed E-state index contributed by atoms with van der Waals surface area (Å²) in [5, 5.41) is 10.2. The first kappa shape index (κ1) is 72.9. The minimum atomic E-state index is -1.30. The molecule has 2 saturated heterocycles. The number of aromatic amines is 1. The SMILES string of the molecule is CCC(=O)CCCCC[C@@H]1NC(=O)[C@H]2CC23CCN(CCCCCCCCn2ccc4cc(ccc4c2=O)-c2cnc1[nH]2)CC3.CCC(=O)CCCCC[C@@H]1NC(=O)[C@H]2CC23CCN(CCCCCCCCn2ccc4cc(ccc4c2=O)-c2cnc1n2COCC[Si](C)(C)C)CC3. The number of piperidine rings is 2. The third-order valence-electron chi connectivity index (χ3n) is 23.2. The maximum Gasteiger partial charge on any atom is 0.258 e. The number of imidazole rings is 2. The first-order valence-electron chi connectivity index (χ1n) is 38.6. The van der Waals surface area contributed by atoms with Crippen molar-refractivity contribution >= 4 is 53.0 Å². The highest BCUT2D eigenvalue weighted by molar-refractivity contribution is 6.76. The predicted molar refractivity (Wildman–Crippen MR) is 396 cm³/mol. The minimum absolute atomic E-state index is 0.0595. The average Bonchev–Trinajstić information content (AvgIpc) is 1.57. The highest BCUT2D eigenvalue weighted by Crippen LogP contribution is 2.60. The quantitative estimate of drug-likeness (QED) is 0.0515. The number of carbonyl (C=O) groups is 4. The molecule has 0 radical (unpaired) electrons. The Balaban J connectivity index is 0.000000201. The van der Waals surface area contributed by atoms with E-state index in [2.05, 4.69) is 67.8 Å². The standard InChI is InChI=1S/C43H65N5O4Si.C37H51N5O3/c1-5-35(49)15-11-10-12-16-38-40-44-31-39(48(40)32-52-27-28-53(2,3)4)34-17-18-36-33(29-34)19-24-47(42(36)51)23-14-9-7-6-8-13-22-46-25-20-43(21-26-46)30-37(43)41(50)45-38;1-2-29(43)12-8-7-9-13-32-34-38-26-33(39-34)28-14-15-30-27(24-28)16-21-42(36(30)45)20-11-6-4-3-5-10-19-41-22-17-37(18-23-41)25-31(37)35(44)40-32/h17-19,24,29,31,37-38H,5-16,20-23,25-28,30,32H2,1-4H3,(H,45,50);14-16,21,24,26,31-32H,2-13,17-20,22-23,25H2,1H3,(H,38,39)(H,40,44)/t37-,38+;31-,32+/m11/s1. The minimum Gasteiger partial charge on any atom is -0.361 e. The van der Waals surface area contributed by atoms with E-state index in [1.165, 1.54) is 51.4 Å². The van der Waals surface area contributed by atoms with E-state index < -0.39 is 8.07 Å². The number of nitrogens with zero attached hydrogens (tertiary/aromatic N) is 7. The molecular formula is C80H116N10O7Si. The van der Waals surface area contributed by atoms with Gasteiger partial charge >= 0.3 is 0 Å². The number of carbonyl (C=O) groups excluding carboxylic acids is 4. The second-order valence-electron chi connectivity index (χ2n) is 31.5. The summed E-state index contributed by atoms with van der Waals surface area (Å²) >= 11 is 0. The van der Waals surface area contributed by atoms with Crippen LogP contribution in [0.4, 0.5) is 0 Å². The van der Waals surface area contributed by atoms with Crippen molar-refractivity contribution in [1.82, 2.24) is 49.1 Å². The molecule has 2 saturated carbocycles. The molecule has 18 heteroatoms. The molecule has 0 unspecified atom stereocenters. The van der Waals surface area contributed by atoms with Crippen molar-refractivity contribution in [2.24, 2.45) is 22.7 Å². The Morgan fingerprint density at radius 2 is 1.03 bits per heavy atom. The van der Waals surface area contributed by atoms with Gasteiger partial charge in [0.15, 0.2) is 0 Å². The number of benzene rings is 2. The van der Waals surface area contributed by atoms with Crippen molar-refractivity contribution in [3.63, 3.8) is 0 Å². The molecule has 16 aliphatic rings. The lowest BCUT2D eigenvalue weighted by molar-refractivity contribution is -0.125. The van der Waals surface area contributed by atoms with E-state index in [4.69, 9.17) is 14.7 Å². The largest absolute Gasteiger partial charge is 0.361 e. The number of H-pyrrole nitrogens is 1. The van der Waals surface area contributed by atoms with Crippen LogP contribution in [0.25, 0.3) is 44.1 Å². The molecule has 2 aliphatic carbocycles. The molecule has 4 fully saturated rings. The number of Topliss-reactive ketones (excluding diaryl/α,β-unsaturated/α-hetero) is 2. The van der Waals surface area contributed by atoms with Gasteiger partial charge in [-0.15, -0.1) is 0 Å². The van der Waals surface area contributed by atoms with Gasteiger partial charge in [-0.25, -0.2) is 9.97 Å². The Morgan fingerprint density at radius 3 is 1.55 bits per heavy atom. The molecule has 6 aromatic rings. The van der Waals surface area contributed by atoms with Crippen LogP contribution in [0.15, 0.2) is 82.9 Å². The van der Waals surface area contributed by atoms with Crippen LogP contribution in [0.5, 0.6) is 0 Å². The van der Waals surface area contributed by atoms with E-state index in [1.807, 2.05) is 78.1 Å². The highest BCUT2D eigenvalue weighted by Gasteiger charge is 2.59. The summed E-state index contributed by atoms with van der Waals surface area (Å²) in [6, 6.07) is 16.8. The third kappa shape index (κ3) is 19.2. The number of unbranched alkanes of at least 4 members (excludes halogenated alkanes) is 4. The molecule has 2 amide bonds. The van der Waals surface area contributed by atoms with Crippen LogP contribution in [-0.2, 0) is 43.7 Å². The first-order valence-corrected chi connectivity index (χ1v) is 42.3. The number of pyridine rings is 2. The Bertz CT molecular complexity index is 3770. The normalized spacial score (nSPS) is 25.0. The zero-order valence-corrected chi connectivity index (χ0v) is 61.2. The second-order valence-corrected chi connectivity index (χ2v) is 37.1. The number of ketones is 2. The summed E-state index contributed by atoms with van der Waals surface area (Å²) in [7, 11) is -1.30. The zero-order valence-electron chi connectivity index (χ0n) is 60.2. The molecule has 4 aromatic heterocycles. The van der Waals surface area contributed by atoms with Gasteiger partial charge < -0.3 is 43.9 Å². The smallest absolute Gasteiger partial charge is 0.258 e. The maximum absolute atomic E-state index is 14.1. The Kier molecular flexibility index (Phi) is 25.5. The van der Waals surface area contributed by atoms with Crippen LogP contribution in [-0.4, -0.2) is 116 Å². The van der Waals surface area contributed by atoms with Crippen molar-refractivity contribution in [3.8, 4) is 22.5 Å². The van der Waals surface area contributed by atoms with Gasteiger partial charge in [0.05, 0.1) is 35.9 Å². The Hall–Kier alpha value is -6.34. The lowest BCUT2D eigenvalue weighted by Gasteiger charge is -2.33. The third-order valence-corrected chi connectivity index (χ3v) is 24.9. The molecule has 22 rings (SSSR count). The molecule has 2 aromatic carbocycles. The van der Waals surface area contributed by atoms with Crippen molar-refractivity contribution in [3.05, 3.63) is 106 Å². The molecule has 4 atom stereocenters. The van der Waals surface area contributed by atoms with Crippen molar-refractivity contribution in [2.75, 3.05) is 45.9 Å². The van der Waals surface area contributed by atoms with Crippen LogP contribution in [0.3, 0.4) is 0 Å². The maximum atomic E-state index is 14.1. The van der Waals surface area contributed by atoms with Gasteiger partial charge in [0.2, 0.25) is 11.8 Å². The molecule has 532 valence electrons. The number of hydrogen-bond donors (Lipinski definition) is 3. The van der Waals surface area contributed by atoms with Gasteiger partial charge in [-0.1, -0.05) is 123 Å². The molecule has 16 bridgehead atoms. The summed E-state index contributed by atoms with van der Waals surface area (Å²) in [6.07, 6.45) is 37.7. The summed E-state index contributed by atoms with van der Waals surface area (Å²) in [6.45, 7) is 20.1. The van der Waals surface area contributed by atoms with Crippen LogP contribution >= 0.6 is 0 Å². The fraction of sp³-hybridized carbons (Fsp3) is 0.650. The molecular weight excluding hydrogens is 1240 g/mol. The van der Waals surface area contributed by atoms with E-state index in [-0.39, 0.29) is 57.7 Å². The lowest BCUT2D eigenvalue weighted by Crippen LogP contribution is -2.38. The predicted octanol–water partition coefficient (Wildman–Crippen LogP) is 15.7.